The van der Waals surface area contributed by atoms with Gasteiger partial charge in [0.15, 0.2) is 0 Å². The van der Waals surface area contributed by atoms with Crippen molar-refractivity contribution in [3.05, 3.63) is 108 Å². The molecule has 0 fully saturated rings. The number of benzene rings is 4. The number of sulfonamides is 1. The van der Waals surface area contributed by atoms with Crippen LogP contribution in [0.3, 0.4) is 0 Å². The lowest BCUT2D eigenvalue weighted by atomic mass is 9.95. The van der Waals surface area contributed by atoms with Crippen LogP contribution < -0.4 is 9.62 Å². The summed E-state index contributed by atoms with van der Waals surface area (Å²) in [5, 5.41) is 2.19. The summed E-state index contributed by atoms with van der Waals surface area (Å²) in [4.78, 5) is 7.20. The highest BCUT2D eigenvalue weighted by Gasteiger charge is 2.38. The SMILES string of the molecule is Cc1ccc(S(=O)(=O)NC(c2ccc3ccccc3c2)C2Cc3ccccc3N2C=NC(C)(C)C)cc1. The molecule has 0 amide bonds. The van der Waals surface area contributed by atoms with E-state index in [0.29, 0.717) is 6.42 Å². The van der Waals surface area contributed by atoms with E-state index in [1.54, 1.807) is 12.1 Å². The lowest BCUT2D eigenvalue weighted by molar-refractivity contribution is 0.499. The highest BCUT2D eigenvalue weighted by Crippen LogP contribution is 2.38. The Hall–Kier alpha value is -3.48. The molecular formula is C31H33N3O2S. The van der Waals surface area contributed by atoms with Crippen LogP contribution in [0, 0.1) is 6.92 Å². The lowest BCUT2D eigenvalue weighted by Gasteiger charge is -2.32. The fourth-order valence-electron chi connectivity index (χ4n) is 4.82. The van der Waals surface area contributed by atoms with Crippen molar-refractivity contribution in [2.75, 3.05) is 4.90 Å². The summed E-state index contributed by atoms with van der Waals surface area (Å²) in [6.45, 7) is 8.12. The number of hydrogen-bond donors (Lipinski definition) is 1. The Morgan fingerprint density at radius 3 is 2.32 bits per heavy atom. The molecule has 0 saturated carbocycles. The molecule has 1 aliphatic rings. The number of aryl methyl sites for hydroxylation is 1. The number of anilines is 1. The lowest BCUT2D eigenvalue weighted by Crippen LogP contribution is -2.44. The zero-order valence-electron chi connectivity index (χ0n) is 21.7. The highest BCUT2D eigenvalue weighted by atomic mass is 32.2. The molecule has 0 bridgehead atoms. The number of fused-ring (bicyclic) bond motifs is 2. The van der Waals surface area contributed by atoms with Gasteiger partial charge in [-0.15, -0.1) is 0 Å². The van der Waals surface area contributed by atoms with E-state index in [9.17, 15) is 8.42 Å². The Labute approximate surface area is 219 Å². The van der Waals surface area contributed by atoms with E-state index in [1.165, 1.54) is 5.56 Å². The molecule has 37 heavy (non-hydrogen) atoms. The first kappa shape index (κ1) is 25.2. The average molecular weight is 512 g/mol. The number of aliphatic imine (C=N–C) groups is 1. The zero-order valence-corrected chi connectivity index (χ0v) is 22.5. The number of nitrogens with zero attached hydrogens (tertiary/aromatic N) is 2. The van der Waals surface area contributed by atoms with Crippen molar-refractivity contribution in [2.24, 2.45) is 4.99 Å². The summed E-state index contributed by atoms with van der Waals surface area (Å²) in [5.41, 5.74) is 3.90. The smallest absolute Gasteiger partial charge is 0.241 e. The molecule has 1 N–H and O–H groups in total. The van der Waals surface area contributed by atoms with Crippen LogP contribution in [0.15, 0.2) is 101 Å². The molecule has 4 aromatic carbocycles. The average Bonchev–Trinajstić information content (AvgIpc) is 3.24. The van der Waals surface area contributed by atoms with Gasteiger partial charge in [-0.1, -0.05) is 72.3 Å². The summed E-state index contributed by atoms with van der Waals surface area (Å²) in [5.74, 6) is 0. The van der Waals surface area contributed by atoms with Gasteiger partial charge in [-0.3, -0.25) is 4.99 Å². The van der Waals surface area contributed by atoms with Gasteiger partial charge in [0.2, 0.25) is 10.0 Å². The maximum atomic E-state index is 13.7. The van der Waals surface area contributed by atoms with E-state index in [0.717, 1.165) is 27.6 Å². The van der Waals surface area contributed by atoms with Crippen molar-refractivity contribution in [3.63, 3.8) is 0 Å². The molecule has 2 unspecified atom stereocenters. The quantitative estimate of drug-likeness (QED) is 0.240. The molecule has 1 aliphatic heterocycles. The van der Waals surface area contributed by atoms with E-state index < -0.39 is 16.1 Å². The third-order valence-electron chi connectivity index (χ3n) is 6.76. The van der Waals surface area contributed by atoms with Gasteiger partial charge in [-0.05, 0) is 80.3 Å². The second-order valence-corrected chi connectivity index (χ2v) is 12.5. The minimum atomic E-state index is -3.79. The molecule has 4 aromatic rings. The highest BCUT2D eigenvalue weighted by molar-refractivity contribution is 7.89. The summed E-state index contributed by atoms with van der Waals surface area (Å²) >= 11 is 0. The number of para-hydroxylation sites is 1. The third kappa shape index (κ3) is 5.45. The molecule has 5 nitrogen and oxygen atoms in total. The van der Waals surface area contributed by atoms with E-state index in [4.69, 9.17) is 4.99 Å². The van der Waals surface area contributed by atoms with Crippen molar-refractivity contribution < 1.29 is 8.42 Å². The Morgan fingerprint density at radius 2 is 1.59 bits per heavy atom. The molecule has 5 rings (SSSR count). The maximum absolute atomic E-state index is 13.7. The first-order valence-corrected chi connectivity index (χ1v) is 14.1. The number of rotatable bonds is 6. The van der Waals surface area contributed by atoms with E-state index in [1.807, 2.05) is 55.7 Å². The van der Waals surface area contributed by atoms with Gasteiger partial charge in [0, 0.05) is 5.69 Å². The minimum Gasteiger partial charge on any atom is -0.327 e. The minimum absolute atomic E-state index is 0.190. The van der Waals surface area contributed by atoms with Crippen LogP contribution in [-0.2, 0) is 16.4 Å². The Kier molecular flexibility index (Phi) is 6.65. The van der Waals surface area contributed by atoms with Crippen LogP contribution in [0.4, 0.5) is 5.69 Å². The fourth-order valence-corrected chi connectivity index (χ4v) is 6.08. The standard InChI is InChI=1S/C31H33N3O2S/c1-22-13-17-27(18-14-22)37(35,36)33-30(26-16-15-23-9-5-6-10-24(23)19-26)29-20-25-11-7-8-12-28(25)34(29)21-32-31(2,3)4/h5-19,21,29-30,33H,20H2,1-4H3. The molecule has 6 heteroatoms. The maximum Gasteiger partial charge on any atom is 0.241 e. The van der Waals surface area contributed by atoms with Gasteiger partial charge in [0.05, 0.1) is 28.9 Å². The molecule has 0 aliphatic carbocycles. The molecule has 1 heterocycles. The van der Waals surface area contributed by atoms with E-state index in [2.05, 4.69) is 66.8 Å². The second-order valence-electron chi connectivity index (χ2n) is 10.7. The number of hydrogen-bond acceptors (Lipinski definition) is 3. The van der Waals surface area contributed by atoms with Crippen LogP contribution in [0.5, 0.6) is 0 Å². The molecule has 0 aromatic heterocycles. The zero-order chi connectivity index (χ0) is 26.2. The molecule has 190 valence electrons. The largest absolute Gasteiger partial charge is 0.327 e. The monoisotopic (exact) mass is 511 g/mol. The number of nitrogens with one attached hydrogen (secondary N) is 1. The molecule has 2 atom stereocenters. The Balaban J connectivity index is 1.62. The molecule has 0 radical (unpaired) electrons. The van der Waals surface area contributed by atoms with Crippen molar-refractivity contribution >= 4 is 32.8 Å². The Morgan fingerprint density at radius 1 is 0.919 bits per heavy atom. The van der Waals surface area contributed by atoms with Gasteiger partial charge in [-0.2, -0.15) is 0 Å². The summed E-state index contributed by atoms with van der Waals surface area (Å²) in [7, 11) is -3.79. The normalized spacial score (nSPS) is 16.9. The van der Waals surface area contributed by atoms with Crippen LogP contribution >= 0.6 is 0 Å². The summed E-state index contributed by atoms with van der Waals surface area (Å²) in [6, 6.07) is 28.9. The van der Waals surface area contributed by atoms with Gasteiger partial charge in [-0.25, -0.2) is 13.1 Å². The molecule has 0 spiro atoms. The first-order valence-electron chi connectivity index (χ1n) is 12.6. The van der Waals surface area contributed by atoms with Crippen LogP contribution in [0.25, 0.3) is 10.8 Å². The van der Waals surface area contributed by atoms with Gasteiger partial charge < -0.3 is 4.90 Å². The van der Waals surface area contributed by atoms with Crippen LogP contribution in [0.1, 0.15) is 43.5 Å². The van der Waals surface area contributed by atoms with Gasteiger partial charge in [0.1, 0.15) is 0 Å². The van der Waals surface area contributed by atoms with Crippen molar-refractivity contribution in [1.29, 1.82) is 0 Å². The summed E-state index contributed by atoms with van der Waals surface area (Å²) in [6.07, 6.45) is 2.57. The molecular weight excluding hydrogens is 478 g/mol. The van der Waals surface area contributed by atoms with Crippen molar-refractivity contribution in [2.45, 2.75) is 56.6 Å². The van der Waals surface area contributed by atoms with Gasteiger partial charge >= 0.3 is 0 Å². The summed E-state index contributed by atoms with van der Waals surface area (Å²) < 4.78 is 30.4. The predicted octanol–water partition coefficient (Wildman–Crippen LogP) is 6.43. The predicted molar refractivity (Wildman–Crippen MR) is 153 cm³/mol. The Bertz CT molecular complexity index is 1550. The molecule has 0 saturated heterocycles. The van der Waals surface area contributed by atoms with Crippen molar-refractivity contribution in [1.82, 2.24) is 4.72 Å². The van der Waals surface area contributed by atoms with Gasteiger partial charge in [0.25, 0.3) is 0 Å². The third-order valence-corrected chi connectivity index (χ3v) is 8.21. The van der Waals surface area contributed by atoms with E-state index in [-0.39, 0.29) is 16.5 Å². The second kappa shape index (κ2) is 9.77. The first-order chi connectivity index (χ1) is 17.6. The van der Waals surface area contributed by atoms with Crippen molar-refractivity contribution in [3.8, 4) is 0 Å². The van der Waals surface area contributed by atoms with E-state index >= 15 is 0 Å². The fraction of sp³-hybridized carbons (Fsp3) is 0.258. The topological polar surface area (TPSA) is 61.8 Å². The van der Waals surface area contributed by atoms with Crippen LogP contribution in [0.2, 0.25) is 0 Å². The van der Waals surface area contributed by atoms with Crippen LogP contribution in [-0.4, -0.2) is 26.3 Å².